The van der Waals surface area contributed by atoms with Crippen molar-refractivity contribution in [2.45, 2.75) is 56.5 Å². The Morgan fingerprint density at radius 2 is 1.62 bits per heavy atom. The van der Waals surface area contributed by atoms with Crippen LogP contribution in [0.15, 0.2) is 60.1 Å². The number of aromatic amines is 2. The Morgan fingerprint density at radius 3 is 2.46 bits per heavy atom. The first kappa shape index (κ1) is 20.5. The molecule has 184 valence electrons. The number of fused-ring (bicyclic) bond motifs is 3. The predicted molar refractivity (Wildman–Crippen MR) is 146 cm³/mol. The van der Waals surface area contributed by atoms with E-state index >= 15 is 0 Å². The third kappa shape index (κ3) is 3.31. The number of aliphatic imine (C=N–C) groups is 1. The largest absolute Gasteiger partial charge is 0.344 e. The van der Waals surface area contributed by atoms with Crippen molar-refractivity contribution in [2.75, 3.05) is 0 Å². The van der Waals surface area contributed by atoms with Gasteiger partial charge in [0.25, 0.3) is 0 Å². The fraction of sp³-hybridized carbons (Fsp3) is 0.387. The maximum Gasteiger partial charge on any atom is 0.109 e. The lowest BCUT2D eigenvalue weighted by Gasteiger charge is -2.14. The lowest BCUT2D eigenvalue weighted by molar-refractivity contribution is 0.596. The highest BCUT2D eigenvalue weighted by Gasteiger charge is 2.48. The third-order valence-electron chi connectivity index (χ3n) is 9.70. The Balaban J connectivity index is 0.965. The van der Waals surface area contributed by atoms with Crippen molar-refractivity contribution in [3.8, 4) is 22.4 Å². The average Bonchev–Trinajstić information content (AvgIpc) is 3.48. The summed E-state index contributed by atoms with van der Waals surface area (Å²) >= 11 is 0. The van der Waals surface area contributed by atoms with Gasteiger partial charge in [0.05, 0.1) is 29.3 Å². The van der Waals surface area contributed by atoms with Gasteiger partial charge in [-0.3, -0.25) is 4.99 Å². The van der Waals surface area contributed by atoms with Crippen molar-refractivity contribution in [2.24, 2.45) is 22.7 Å². The number of nitrogens with one attached hydrogen (secondary N) is 3. The first-order valence-corrected chi connectivity index (χ1v) is 13.9. The van der Waals surface area contributed by atoms with Gasteiger partial charge in [0.1, 0.15) is 5.82 Å². The Kier molecular flexibility index (Phi) is 4.17. The maximum absolute atomic E-state index is 4.82. The van der Waals surface area contributed by atoms with E-state index in [-0.39, 0.29) is 0 Å². The summed E-state index contributed by atoms with van der Waals surface area (Å²) in [5.41, 5.74) is 10.5. The highest BCUT2D eigenvalue weighted by molar-refractivity contribution is 6.06. The zero-order valence-electron chi connectivity index (χ0n) is 20.7. The second-order valence-electron chi connectivity index (χ2n) is 12.0. The van der Waals surface area contributed by atoms with Crippen molar-refractivity contribution < 1.29 is 0 Å². The molecule has 37 heavy (non-hydrogen) atoms. The molecule has 4 heterocycles. The number of aromatic nitrogens is 4. The molecule has 1 unspecified atom stereocenters. The summed E-state index contributed by atoms with van der Waals surface area (Å²) < 4.78 is 0. The van der Waals surface area contributed by atoms with Gasteiger partial charge in [-0.05, 0) is 66.6 Å². The predicted octanol–water partition coefficient (Wildman–Crippen LogP) is 6.07. The molecule has 6 heteroatoms. The van der Waals surface area contributed by atoms with E-state index in [2.05, 4.69) is 57.9 Å². The van der Waals surface area contributed by atoms with E-state index in [4.69, 9.17) is 15.0 Å². The Morgan fingerprint density at radius 1 is 0.784 bits per heavy atom. The van der Waals surface area contributed by atoms with Crippen LogP contribution in [0.5, 0.6) is 0 Å². The quantitative estimate of drug-likeness (QED) is 0.320. The monoisotopic (exact) mass is 486 g/mol. The van der Waals surface area contributed by atoms with E-state index < -0.39 is 0 Å². The van der Waals surface area contributed by atoms with Crippen molar-refractivity contribution in [1.29, 1.82) is 0 Å². The molecule has 2 aromatic carbocycles. The number of hydrogen-bond acceptors (Lipinski definition) is 4. The van der Waals surface area contributed by atoms with Crippen LogP contribution < -0.4 is 5.32 Å². The zero-order valence-corrected chi connectivity index (χ0v) is 20.7. The molecule has 3 aliphatic carbocycles. The van der Waals surface area contributed by atoms with Gasteiger partial charge in [-0.25, -0.2) is 9.97 Å². The number of allylic oxidation sites excluding steroid dienone is 1. The fourth-order valence-electron chi connectivity index (χ4n) is 7.39. The van der Waals surface area contributed by atoms with Gasteiger partial charge in [-0.15, -0.1) is 0 Å². The Hall–Kier alpha value is -3.51. The summed E-state index contributed by atoms with van der Waals surface area (Å²) in [6.45, 7) is 0. The van der Waals surface area contributed by atoms with Crippen molar-refractivity contribution in [3.63, 3.8) is 0 Å². The lowest BCUT2D eigenvalue weighted by atomic mass is 9.94. The lowest BCUT2D eigenvalue weighted by Crippen LogP contribution is -2.33. The first-order chi connectivity index (χ1) is 18.3. The molecule has 4 aromatic rings. The molecule has 5 aliphatic rings. The summed E-state index contributed by atoms with van der Waals surface area (Å²) in [6, 6.07) is 14.5. The molecule has 0 radical (unpaired) electrons. The molecule has 9 rings (SSSR count). The number of hydrogen-bond donors (Lipinski definition) is 3. The van der Waals surface area contributed by atoms with Crippen LogP contribution in [0.25, 0.3) is 39.0 Å². The van der Waals surface area contributed by atoms with E-state index in [1.165, 1.54) is 65.9 Å². The van der Waals surface area contributed by atoms with Crippen LogP contribution in [0.2, 0.25) is 0 Å². The number of piperidine rings is 1. The number of imidazole rings is 2. The standard InChI is InChI=1S/C31H30N6/c1-3-17(28-14-33-31(37-28)21-8-18-7-19(18)9-21)4-2-16(1)23-5-6-24(30-29(23)34-15-35-30)22-12-26(32-13-22)27-11-20-10-25(20)36-27/h1-6,13-15,18-21,25,27,36H,7-12H2,(H,33,37)(H,34,35)/t18-,19+,20-,21?,25-,27+/m1/s1. The molecule has 2 aliphatic heterocycles. The van der Waals surface area contributed by atoms with Crippen LogP contribution in [-0.4, -0.2) is 37.7 Å². The minimum Gasteiger partial charge on any atom is -0.344 e. The first-order valence-electron chi connectivity index (χ1n) is 13.9. The number of rotatable bonds is 5. The van der Waals surface area contributed by atoms with Crippen LogP contribution in [0.4, 0.5) is 0 Å². The smallest absolute Gasteiger partial charge is 0.109 e. The normalized spacial score (nSPS) is 31.4. The molecule has 4 fully saturated rings. The molecule has 6 nitrogen and oxygen atoms in total. The Labute approximate surface area is 215 Å². The van der Waals surface area contributed by atoms with Crippen LogP contribution in [0.3, 0.4) is 0 Å². The highest BCUT2D eigenvalue weighted by atomic mass is 15.1. The van der Waals surface area contributed by atoms with Crippen LogP contribution in [0.1, 0.15) is 55.8 Å². The summed E-state index contributed by atoms with van der Waals surface area (Å²) in [7, 11) is 0. The van der Waals surface area contributed by atoms with Crippen LogP contribution >= 0.6 is 0 Å². The van der Waals surface area contributed by atoms with E-state index in [1.807, 2.05) is 12.5 Å². The van der Waals surface area contributed by atoms with E-state index in [1.54, 1.807) is 0 Å². The van der Waals surface area contributed by atoms with Crippen molar-refractivity contribution in [3.05, 3.63) is 66.5 Å². The minimum atomic E-state index is 0.460. The average molecular weight is 487 g/mol. The van der Waals surface area contributed by atoms with Gasteiger partial charge in [0, 0.05) is 47.5 Å². The van der Waals surface area contributed by atoms with Gasteiger partial charge >= 0.3 is 0 Å². The SMILES string of the molecule is C1=C(c2ccc(-c3ccc(-c4cnc(C5C[C@@H]6C[C@@H]6C5)[nH]4)cc3)c3nc[nH]c23)CC([C@@H]2C[C@H]3C[C@H]3N2)=N1. The van der Waals surface area contributed by atoms with Gasteiger partial charge < -0.3 is 15.3 Å². The second-order valence-corrected chi connectivity index (χ2v) is 12.0. The fourth-order valence-corrected chi connectivity index (χ4v) is 7.39. The molecule has 0 bridgehead atoms. The van der Waals surface area contributed by atoms with E-state index in [0.29, 0.717) is 12.0 Å². The molecule has 6 atom stereocenters. The molecule has 0 amide bonds. The maximum atomic E-state index is 4.82. The molecular formula is C31H30N6. The summed E-state index contributed by atoms with van der Waals surface area (Å²) in [4.78, 5) is 21.3. The third-order valence-corrected chi connectivity index (χ3v) is 9.70. The molecule has 2 aromatic heterocycles. The summed E-state index contributed by atoms with van der Waals surface area (Å²) in [6.07, 6.45) is 13.5. The minimum absolute atomic E-state index is 0.460. The zero-order chi connectivity index (χ0) is 24.1. The molecule has 1 saturated heterocycles. The molecular weight excluding hydrogens is 456 g/mol. The molecule has 3 N–H and O–H groups in total. The van der Waals surface area contributed by atoms with Crippen molar-refractivity contribution >= 4 is 22.3 Å². The molecule has 3 saturated carbocycles. The van der Waals surface area contributed by atoms with Crippen LogP contribution in [0, 0.1) is 17.8 Å². The summed E-state index contributed by atoms with van der Waals surface area (Å²) in [5.74, 6) is 4.62. The number of benzene rings is 2. The van der Waals surface area contributed by atoms with E-state index in [9.17, 15) is 0 Å². The molecule has 0 spiro atoms. The Bertz CT molecular complexity index is 1580. The van der Waals surface area contributed by atoms with Gasteiger partial charge in [0.2, 0.25) is 0 Å². The van der Waals surface area contributed by atoms with Gasteiger partial charge in [0.15, 0.2) is 0 Å². The second kappa shape index (κ2) is 7.51. The van der Waals surface area contributed by atoms with Gasteiger partial charge in [-0.1, -0.05) is 36.4 Å². The number of H-pyrrole nitrogens is 2. The topological polar surface area (TPSA) is 81.8 Å². The van der Waals surface area contributed by atoms with E-state index in [0.717, 1.165) is 52.5 Å². The van der Waals surface area contributed by atoms with Gasteiger partial charge in [-0.2, -0.15) is 0 Å². The van der Waals surface area contributed by atoms with Crippen LogP contribution in [-0.2, 0) is 0 Å². The highest BCUT2D eigenvalue weighted by Crippen LogP contribution is 2.57. The van der Waals surface area contributed by atoms with Crippen molar-refractivity contribution in [1.82, 2.24) is 25.3 Å². The summed E-state index contributed by atoms with van der Waals surface area (Å²) in [5, 5.41) is 3.75. The number of nitrogens with zero attached hydrogens (tertiary/aromatic N) is 3.